The zero-order valence-corrected chi connectivity index (χ0v) is 28.3. The molecule has 0 amide bonds. The van der Waals surface area contributed by atoms with E-state index < -0.39 is 0 Å². The molecule has 0 spiro atoms. The third-order valence-electron chi connectivity index (χ3n) is 9.54. The number of aryl methyl sites for hydroxylation is 6. The van der Waals surface area contributed by atoms with E-state index in [1.807, 2.05) is 41.5 Å². The summed E-state index contributed by atoms with van der Waals surface area (Å²) in [7, 11) is 4.34. The smallest absolute Gasteiger partial charge is 0.336 e. The molecule has 0 fully saturated rings. The zero-order valence-electron chi connectivity index (χ0n) is 28.3. The number of hydrogen-bond acceptors (Lipinski definition) is 8. The average Bonchev–Trinajstić information content (AvgIpc) is 3.47. The summed E-state index contributed by atoms with van der Waals surface area (Å²) in [5.41, 5.74) is 8.14. The first-order valence-electron chi connectivity index (χ1n) is 16.2. The molecular weight excluding hydrogens is 580 g/mol. The largest absolute Gasteiger partial charge is 0.461 e. The van der Waals surface area contributed by atoms with Gasteiger partial charge in [-0.3, -0.25) is 0 Å². The summed E-state index contributed by atoms with van der Waals surface area (Å²) in [5, 5.41) is 4.12. The van der Waals surface area contributed by atoms with Crippen LogP contribution in [0.25, 0.3) is 43.9 Å². The molecule has 0 aliphatic heterocycles. The average molecular weight is 625 g/mol. The third-order valence-corrected chi connectivity index (χ3v) is 9.54. The predicted molar refractivity (Wildman–Crippen MR) is 184 cm³/mol. The molecule has 2 aromatic carbocycles. The van der Waals surface area contributed by atoms with Crippen LogP contribution in [0.1, 0.15) is 70.6 Å². The van der Waals surface area contributed by atoms with E-state index in [9.17, 15) is 9.59 Å². The number of hydrogen-bond donors (Lipinski definition) is 0. The molecule has 4 heterocycles. The second-order valence-corrected chi connectivity index (χ2v) is 13.2. The van der Waals surface area contributed by atoms with Gasteiger partial charge >= 0.3 is 11.3 Å². The van der Waals surface area contributed by atoms with Crippen molar-refractivity contribution in [2.45, 2.75) is 80.3 Å². The second-order valence-electron chi connectivity index (χ2n) is 13.2. The molecule has 8 nitrogen and oxygen atoms in total. The number of unbranched alkanes of at least 4 members (excludes halogenated alkanes) is 3. The normalized spacial score (nSPS) is 12.3. The lowest BCUT2D eigenvalue weighted by atomic mass is 10.0. The zero-order chi connectivity index (χ0) is 32.9. The molecule has 0 radical (unpaired) electrons. The second kappa shape index (κ2) is 12.6. The van der Waals surface area contributed by atoms with Gasteiger partial charge in [0.15, 0.2) is 0 Å². The minimum absolute atomic E-state index is 0.332. The molecule has 6 aromatic rings. The van der Waals surface area contributed by atoms with Crippen LogP contribution in [-0.2, 0) is 13.1 Å². The van der Waals surface area contributed by atoms with E-state index >= 15 is 0 Å². The van der Waals surface area contributed by atoms with Gasteiger partial charge in [0.2, 0.25) is 0 Å². The molecule has 0 aliphatic rings. The number of fused-ring (bicyclic) bond motifs is 4. The molecule has 0 atom stereocenters. The van der Waals surface area contributed by atoms with E-state index in [4.69, 9.17) is 17.7 Å². The summed E-state index contributed by atoms with van der Waals surface area (Å²) in [6.45, 7) is 15.5. The standard InChI is InChI=1S/C38H44N2O6/c1-21-15-33(41)45-35-23(3)37-29(17-27(21)35)31(25(5)43-37)19-39(7)13-11-9-10-12-14-40(8)20-32-26(6)44-38-24(4)36-28(18-30(32)38)22(2)16-34(42)46-36/h15-18H,9-14,19-20H2,1-8H3. The van der Waals surface area contributed by atoms with Crippen LogP contribution in [0.15, 0.2) is 51.5 Å². The first-order valence-corrected chi connectivity index (χ1v) is 16.2. The molecule has 0 N–H and O–H groups in total. The van der Waals surface area contributed by atoms with Crippen molar-refractivity contribution in [3.05, 3.63) is 90.0 Å². The summed E-state index contributed by atoms with van der Waals surface area (Å²) in [6, 6.07) is 7.33. The van der Waals surface area contributed by atoms with Gasteiger partial charge in [-0.2, -0.15) is 0 Å². The van der Waals surface area contributed by atoms with Gasteiger partial charge in [0.25, 0.3) is 0 Å². The van der Waals surface area contributed by atoms with Crippen molar-refractivity contribution < 1.29 is 17.7 Å². The van der Waals surface area contributed by atoms with Gasteiger partial charge in [-0.25, -0.2) is 9.59 Å². The molecular formula is C38H44N2O6. The van der Waals surface area contributed by atoms with Crippen LogP contribution >= 0.6 is 0 Å². The van der Waals surface area contributed by atoms with Gasteiger partial charge in [0.05, 0.1) is 0 Å². The number of benzene rings is 2. The molecule has 46 heavy (non-hydrogen) atoms. The number of rotatable bonds is 11. The Balaban J connectivity index is 1.02. The number of nitrogens with zero attached hydrogens (tertiary/aromatic N) is 2. The maximum Gasteiger partial charge on any atom is 0.336 e. The minimum Gasteiger partial charge on any atom is -0.461 e. The van der Waals surface area contributed by atoms with E-state index in [0.29, 0.717) is 11.2 Å². The van der Waals surface area contributed by atoms with Gasteiger partial charge in [0.1, 0.15) is 33.9 Å². The lowest BCUT2D eigenvalue weighted by Gasteiger charge is -2.18. The third kappa shape index (κ3) is 5.92. The SMILES string of the molecule is Cc1oc2c(C)c3oc(=O)cc(C)c3cc2c1CN(C)CCCCCCN(C)Cc1c(C)oc2c(C)c3oc(=O)cc(C)c3cc12. The Kier molecular flexibility index (Phi) is 8.70. The van der Waals surface area contributed by atoms with Gasteiger partial charge in [-0.1, -0.05) is 12.8 Å². The van der Waals surface area contributed by atoms with E-state index in [-0.39, 0.29) is 11.3 Å². The van der Waals surface area contributed by atoms with Crippen molar-refractivity contribution in [1.29, 1.82) is 0 Å². The first-order chi connectivity index (χ1) is 21.9. The highest BCUT2D eigenvalue weighted by Crippen LogP contribution is 2.36. The molecule has 8 heteroatoms. The van der Waals surface area contributed by atoms with Gasteiger partial charge in [-0.05, 0) is 105 Å². The number of furan rings is 2. The molecule has 0 unspecified atom stereocenters. The van der Waals surface area contributed by atoms with E-state index in [0.717, 1.165) is 106 Å². The van der Waals surface area contributed by atoms with Crippen molar-refractivity contribution in [3.8, 4) is 0 Å². The van der Waals surface area contributed by atoms with Crippen LogP contribution in [0.3, 0.4) is 0 Å². The Hall–Kier alpha value is -4.14. The molecule has 0 saturated carbocycles. The minimum atomic E-state index is -0.332. The monoisotopic (exact) mass is 624 g/mol. The fourth-order valence-corrected chi connectivity index (χ4v) is 6.91. The fraction of sp³-hybridized carbons (Fsp3) is 0.421. The molecule has 0 aliphatic carbocycles. The van der Waals surface area contributed by atoms with E-state index in [2.05, 4.69) is 36.0 Å². The van der Waals surface area contributed by atoms with Crippen LogP contribution < -0.4 is 11.3 Å². The van der Waals surface area contributed by atoms with Crippen LogP contribution in [0.5, 0.6) is 0 Å². The van der Waals surface area contributed by atoms with E-state index in [1.165, 1.54) is 24.0 Å². The summed E-state index contributed by atoms with van der Waals surface area (Å²) in [5.74, 6) is 1.82. The Labute approximate surface area is 268 Å². The molecule has 0 saturated heterocycles. The van der Waals surface area contributed by atoms with Crippen molar-refractivity contribution in [2.75, 3.05) is 27.2 Å². The van der Waals surface area contributed by atoms with Crippen LogP contribution in [0, 0.1) is 41.5 Å². The van der Waals surface area contributed by atoms with Crippen molar-refractivity contribution >= 4 is 43.9 Å². The summed E-state index contributed by atoms with van der Waals surface area (Å²) >= 11 is 0. The van der Waals surface area contributed by atoms with Crippen molar-refractivity contribution in [1.82, 2.24) is 9.80 Å². The van der Waals surface area contributed by atoms with Crippen molar-refractivity contribution in [3.63, 3.8) is 0 Å². The Bertz CT molecular complexity index is 2060. The van der Waals surface area contributed by atoms with Gasteiger partial charge in [0, 0.05) is 69.0 Å². The summed E-state index contributed by atoms with van der Waals surface area (Å²) in [4.78, 5) is 28.7. The van der Waals surface area contributed by atoms with Crippen LogP contribution in [0.4, 0.5) is 0 Å². The maximum atomic E-state index is 12.0. The highest BCUT2D eigenvalue weighted by Gasteiger charge is 2.20. The maximum absolute atomic E-state index is 12.0. The predicted octanol–water partition coefficient (Wildman–Crippen LogP) is 8.37. The van der Waals surface area contributed by atoms with Crippen LogP contribution in [0.2, 0.25) is 0 Å². The van der Waals surface area contributed by atoms with Crippen LogP contribution in [-0.4, -0.2) is 37.0 Å². The Morgan fingerprint density at radius 2 is 0.870 bits per heavy atom. The van der Waals surface area contributed by atoms with Gasteiger partial charge in [-0.15, -0.1) is 0 Å². The van der Waals surface area contributed by atoms with Gasteiger partial charge < -0.3 is 27.5 Å². The fourth-order valence-electron chi connectivity index (χ4n) is 6.91. The Morgan fingerprint density at radius 3 is 1.26 bits per heavy atom. The van der Waals surface area contributed by atoms with E-state index in [1.54, 1.807) is 12.1 Å². The Morgan fingerprint density at radius 1 is 0.500 bits per heavy atom. The lowest BCUT2D eigenvalue weighted by molar-refractivity contribution is 0.301. The summed E-state index contributed by atoms with van der Waals surface area (Å²) in [6.07, 6.45) is 4.62. The van der Waals surface area contributed by atoms with Crippen molar-refractivity contribution in [2.24, 2.45) is 0 Å². The summed E-state index contributed by atoms with van der Waals surface area (Å²) < 4.78 is 23.5. The first kappa shape index (κ1) is 31.8. The molecule has 0 bridgehead atoms. The molecule has 242 valence electrons. The molecule has 4 aromatic heterocycles. The highest BCUT2D eigenvalue weighted by molar-refractivity contribution is 6.01. The topological polar surface area (TPSA) is 93.2 Å². The lowest BCUT2D eigenvalue weighted by Crippen LogP contribution is -2.20. The quantitative estimate of drug-likeness (QED) is 0.105. The molecule has 6 rings (SSSR count). The highest BCUT2D eigenvalue weighted by atomic mass is 16.4.